The lowest BCUT2D eigenvalue weighted by molar-refractivity contribution is -0.175. The molecule has 0 aliphatic carbocycles. The van der Waals surface area contributed by atoms with Crippen LogP contribution in [0.3, 0.4) is 0 Å². The lowest BCUT2D eigenvalue weighted by atomic mass is 9.82. The van der Waals surface area contributed by atoms with Crippen LogP contribution in [0.2, 0.25) is 0 Å². The molecule has 4 heterocycles. The minimum atomic E-state index is -2.08. The molecule has 0 atom stereocenters. The third kappa shape index (κ3) is 34.6. The van der Waals surface area contributed by atoms with Crippen molar-refractivity contribution in [1.82, 2.24) is 15.1 Å². The Kier molecular flexibility index (Phi) is 45.5. The predicted molar refractivity (Wildman–Crippen MR) is 524 cm³/mol. The maximum atomic E-state index is 11.8. The number of aromatic hydroxyl groups is 1. The highest BCUT2D eigenvalue weighted by molar-refractivity contribution is 7.13. The first kappa shape index (κ1) is 122. The number of nitrogen functional groups attached to an aromatic ring is 1. The number of aliphatic carboxylic acids is 10. The second-order valence-corrected chi connectivity index (χ2v) is 37.9. The number of benzene rings is 6. The molecule has 34 heteroatoms. The number of hydrogen-bond donors (Lipinski definition) is 12. The highest BCUT2D eigenvalue weighted by Crippen LogP contribution is 2.38. The van der Waals surface area contributed by atoms with Crippen molar-refractivity contribution in [1.29, 1.82) is 0 Å². The molecule has 13 N–H and O–H groups in total. The van der Waals surface area contributed by atoms with E-state index in [1.165, 1.54) is 0 Å². The standard InChI is InChI=1S/C21H24O6.C20H25NO6.C19H23N3O5.C19H25NO6.C19H22O5S.5CH4/c1-20(2,3)27-13-21(18(23)24,19(25)26)12-14-8-10-15(11-9-14)16-6-4-5-7-17(16)22;1-12-16(13(2)27-21-12)15-8-6-14(7-9-15)10-20(17(22)23,18(24)25)11-26-19(3,4)5;1-18(2,3)27-11-19(15(23)24,16(25)26)8-12-4-6-13(7-5-12)14-9-21-17(20)22-10-14;1-18(2,3)26-12-19(16(22)23,17(24)25)11-13-6-8-14(9-7-13)20-10-4-5-15(20)21;1-18(2,3)24-12-19(16(20)21,17(22)23)11-13-6-8-14(9-7-13)15-5-4-10-25-15;;;;;/h4-11,22H,12-13H2,1-3H3,(H,23,24)(H,25,26);6-9H,10-11H2,1-5H3,(H,22,23)(H,24,25);4-7,9-10H,8,11H2,1-3H3,(H,23,24)(H,25,26)(H2,20,21,22);6-9H,4-5,10-12H2,1-3H3,(H,22,23)(H,24,25);4-10H,11-12H2,1-3H3,(H,20,21)(H,22,23);5*1H4. The summed E-state index contributed by atoms with van der Waals surface area (Å²) in [7, 11) is 0. The van der Waals surface area contributed by atoms with E-state index < -0.39 is 148 Å². The molecule has 0 spiro atoms. The van der Waals surface area contributed by atoms with Gasteiger partial charge in [-0.25, -0.2) is 9.97 Å². The Balaban J connectivity index is 0.000000849. The van der Waals surface area contributed by atoms with Crippen molar-refractivity contribution in [2.24, 2.45) is 27.1 Å². The maximum Gasteiger partial charge on any atom is 0.323 e. The van der Waals surface area contributed by atoms with E-state index in [0.717, 1.165) is 56.1 Å². The molecular formula is C103H139N5O28S. The van der Waals surface area contributed by atoms with Gasteiger partial charge in [0.15, 0.2) is 27.1 Å². The number of nitrogens with zero attached hydrogens (tertiary/aromatic N) is 4. The summed E-state index contributed by atoms with van der Waals surface area (Å²) in [6.45, 7) is 28.4. The Morgan fingerprint density at radius 2 is 0.664 bits per heavy atom. The molecular weight excluding hydrogens is 1790 g/mol. The number of nitrogens with two attached hydrogens (primary N) is 1. The van der Waals surface area contributed by atoms with Gasteiger partial charge in [-0.05, 0) is 204 Å². The smallest absolute Gasteiger partial charge is 0.323 e. The number of carbonyl (C=O) groups is 11. The van der Waals surface area contributed by atoms with Crippen LogP contribution < -0.4 is 10.6 Å². The highest BCUT2D eigenvalue weighted by Gasteiger charge is 2.53. The average Bonchev–Trinajstić information content (AvgIpc) is 1.68. The Hall–Kier alpha value is -13.1. The predicted octanol–water partition coefficient (Wildman–Crippen LogP) is 18.7. The van der Waals surface area contributed by atoms with Crippen molar-refractivity contribution < 1.29 is 137 Å². The van der Waals surface area contributed by atoms with Gasteiger partial charge in [0.2, 0.25) is 11.9 Å². The number of carbonyl (C=O) groups excluding carboxylic acids is 1. The van der Waals surface area contributed by atoms with Gasteiger partial charge in [-0.1, -0.05) is 176 Å². The van der Waals surface area contributed by atoms with Crippen molar-refractivity contribution >= 4 is 88.6 Å². The van der Waals surface area contributed by atoms with Gasteiger partial charge in [0.25, 0.3) is 0 Å². The Morgan fingerprint density at radius 3 is 0.920 bits per heavy atom. The summed E-state index contributed by atoms with van der Waals surface area (Å²) in [4.78, 5) is 141. The molecule has 750 valence electrons. The summed E-state index contributed by atoms with van der Waals surface area (Å²) < 4.78 is 32.7. The van der Waals surface area contributed by atoms with Crippen LogP contribution in [0.1, 0.15) is 193 Å². The van der Waals surface area contributed by atoms with E-state index in [0.29, 0.717) is 52.1 Å². The fourth-order valence-electron chi connectivity index (χ4n) is 13.0. The number of rotatable bonds is 35. The molecule has 137 heavy (non-hydrogen) atoms. The van der Waals surface area contributed by atoms with Gasteiger partial charge in [-0.2, -0.15) is 0 Å². The Morgan fingerprint density at radius 1 is 0.380 bits per heavy atom. The van der Waals surface area contributed by atoms with Crippen molar-refractivity contribution in [2.75, 3.05) is 50.2 Å². The number of para-hydroxylation sites is 1. The second kappa shape index (κ2) is 51.2. The van der Waals surface area contributed by atoms with Crippen LogP contribution in [0.15, 0.2) is 180 Å². The van der Waals surface area contributed by atoms with E-state index in [9.17, 15) is 109 Å². The van der Waals surface area contributed by atoms with Gasteiger partial charge < -0.3 is 95.0 Å². The number of amides is 1. The van der Waals surface area contributed by atoms with E-state index in [2.05, 4.69) is 15.1 Å². The molecule has 1 aliphatic heterocycles. The fraction of sp³-hybridized carbons (Fsp3) is 0.437. The van der Waals surface area contributed by atoms with Crippen molar-refractivity contribution in [2.45, 2.75) is 228 Å². The summed E-state index contributed by atoms with van der Waals surface area (Å²) in [5.74, 6) is -13.2. The van der Waals surface area contributed by atoms with Crippen LogP contribution in [0, 0.1) is 40.9 Å². The number of hydrogen-bond acceptors (Lipinski definition) is 23. The normalized spacial score (nSPS) is 12.2. The Bertz CT molecular complexity index is 5360. The van der Waals surface area contributed by atoms with Crippen LogP contribution in [0.25, 0.3) is 43.8 Å². The molecule has 33 nitrogen and oxygen atoms in total. The maximum absolute atomic E-state index is 11.8. The van der Waals surface area contributed by atoms with Crippen molar-refractivity contribution in [3.8, 4) is 49.6 Å². The summed E-state index contributed by atoms with van der Waals surface area (Å²) in [5.41, 5.74) is 2.02. The highest BCUT2D eigenvalue weighted by atomic mass is 32.1. The van der Waals surface area contributed by atoms with Gasteiger partial charge in [-0.15, -0.1) is 11.3 Å². The molecule has 0 unspecified atom stereocenters. The zero-order valence-corrected chi connectivity index (χ0v) is 77.9. The number of thiophene rings is 1. The van der Waals surface area contributed by atoms with Gasteiger partial charge in [0, 0.05) is 84.7 Å². The third-order valence-corrected chi connectivity index (χ3v) is 21.8. The monoisotopic (exact) mass is 1930 g/mol. The van der Waals surface area contributed by atoms with Gasteiger partial charge in [0.1, 0.15) is 11.5 Å². The summed E-state index contributed by atoms with van der Waals surface area (Å²) >= 11 is 1.61. The van der Waals surface area contributed by atoms with Gasteiger partial charge in [0.05, 0.1) is 66.7 Å². The molecule has 0 radical (unpaired) electrons. The zero-order valence-electron chi connectivity index (χ0n) is 77.1. The van der Waals surface area contributed by atoms with Crippen molar-refractivity contribution in [3.05, 3.63) is 215 Å². The third-order valence-electron chi connectivity index (χ3n) is 20.9. The molecule has 0 bridgehead atoms. The number of phenolic OH excluding ortho intramolecular Hbond substituents is 1. The molecule has 0 saturated carbocycles. The van der Waals surface area contributed by atoms with E-state index in [1.54, 1.807) is 266 Å². The summed E-state index contributed by atoms with van der Waals surface area (Å²) in [6.07, 6.45) is 3.54. The van der Waals surface area contributed by atoms with E-state index in [-0.39, 0.29) is 86.8 Å². The topological polar surface area (TPSA) is 538 Å². The lowest BCUT2D eigenvalue weighted by Crippen LogP contribution is -2.47. The molecule has 1 amide bonds. The van der Waals surface area contributed by atoms with Crippen molar-refractivity contribution in [3.63, 3.8) is 0 Å². The SMILES string of the molecule is C.C.C.C.C.CC(C)(C)OCC(Cc1ccc(-c2ccccc2O)cc1)(C(=O)O)C(=O)O.CC(C)(C)OCC(Cc1ccc(-c2cccs2)cc1)(C(=O)O)C(=O)O.CC(C)(C)OCC(Cc1ccc(-c2cnc(N)nc2)cc1)(C(=O)O)C(=O)O.CC(C)(C)OCC(Cc1ccc(N2CCCC2=O)cc1)(C(=O)O)C(=O)O.Cc1noc(C)c1-c1ccc(CC(COC(C)(C)C)(C(=O)O)C(=O)O)cc1. The van der Waals surface area contributed by atoms with E-state index in [4.69, 9.17) is 33.9 Å². The molecule has 10 rings (SSSR count). The zero-order chi connectivity index (χ0) is 99.1. The minimum Gasteiger partial charge on any atom is -0.507 e. The largest absolute Gasteiger partial charge is 0.507 e. The van der Waals surface area contributed by atoms with Crippen LogP contribution in [0.4, 0.5) is 11.6 Å². The second-order valence-electron chi connectivity index (χ2n) is 37.0. The number of ether oxygens (including phenoxy) is 5. The lowest BCUT2D eigenvalue weighted by Gasteiger charge is -2.29. The summed E-state index contributed by atoms with van der Waals surface area (Å²) in [5, 5.41) is 112. The number of carboxylic acids is 10. The van der Waals surface area contributed by atoms with Crippen LogP contribution in [-0.2, 0) is 109 Å². The first-order valence-corrected chi connectivity index (χ1v) is 42.7. The number of phenols is 1. The first-order chi connectivity index (χ1) is 61.2. The molecule has 3 aromatic heterocycles. The molecule has 1 fully saturated rings. The minimum absolute atomic E-state index is 0. The first-order valence-electron chi connectivity index (χ1n) is 41.9. The van der Waals surface area contributed by atoms with Crippen LogP contribution in [0.5, 0.6) is 5.75 Å². The van der Waals surface area contributed by atoms with E-state index >= 15 is 0 Å². The molecule has 1 saturated heterocycles. The molecule has 1 aliphatic rings. The number of anilines is 2. The van der Waals surface area contributed by atoms with Gasteiger partial charge in [-0.3, -0.25) is 52.7 Å². The van der Waals surface area contributed by atoms with Crippen LogP contribution in [-0.4, -0.2) is 204 Å². The summed E-state index contributed by atoms with van der Waals surface area (Å²) in [6, 6.07) is 45.6. The average molecular weight is 1930 g/mol. The molecule has 9 aromatic rings. The molecule has 6 aromatic carbocycles. The number of aryl methyl sites for hydroxylation is 2. The Labute approximate surface area is 806 Å². The van der Waals surface area contributed by atoms with Crippen LogP contribution >= 0.6 is 11.3 Å². The fourth-order valence-corrected chi connectivity index (χ4v) is 13.7. The number of aromatic nitrogens is 3. The number of carboxylic acid groups (broad SMARTS) is 10. The van der Waals surface area contributed by atoms with E-state index in [1.807, 2.05) is 43.5 Å². The van der Waals surface area contributed by atoms with Gasteiger partial charge >= 0.3 is 59.7 Å². The quantitative estimate of drug-likeness (QED) is 0.0164.